The molecule has 7 heteroatoms. The van der Waals surface area contributed by atoms with Gasteiger partial charge in [0.25, 0.3) is 0 Å². The Balaban J connectivity index is 1.47. The van der Waals surface area contributed by atoms with E-state index in [0.29, 0.717) is 25.9 Å². The Labute approximate surface area is 313 Å². The molecule has 2 aliphatic rings. The SMILES string of the molecule is CC/C=C/C/C=C/C/C=C/CCCCCCCC(=O)NCC(NC(CNC(=O)CCCCCCC/C=C/C/C=C/C/C=C/CC)N1CC1)N1CC1. The zero-order chi connectivity index (χ0) is 36.5. The number of unbranched alkanes of at least 4 members (excludes halogenated alkanes) is 10. The van der Waals surface area contributed by atoms with E-state index in [1.54, 1.807) is 0 Å². The second kappa shape index (κ2) is 32.0. The van der Waals surface area contributed by atoms with Crippen molar-refractivity contribution >= 4 is 11.8 Å². The summed E-state index contributed by atoms with van der Waals surface area (Å²) >= 11 is 0. The van der Waals surface area contributed by atoms with Gasteiger partial charge in [0.05, 0.1) is 12.3 Å². The van der Waals surface area contributed by atoms with E-state index >= 15 is 0 Å². The Morgan fingerprint density at radius 3 is 1.18 bits per heavy atom. The van der Waals surface area contributed by atoms with Crippen LogP contribution in [0.15, 0.2) is 72.9 Å². The van der Waals surface area contributed by atoms with Gasteiger partial charge in [0.2, 0.25) is 11.8 Å². The molecule has 0 aromatic heterocycles. The van der Waals surface area contributed by atoms with Gasteiger partial charge >= 0.3 is 0 Å². The molecule has 2 unspecified atom stereocenters. The molecule has 0 radical (unpaired) electrons. The van der Waals surface area contributed by atoms with Gasteiger partial charge in [-0.3, -0.25) is 24.7 Å². The van der Waals surface area contributed by atoms with Crippen molar-refractivity contribution in [2.75, 3.05) is 39.3 Å². The number of amides is 2. The summed E-state index contributed by atoms with van der Waals surface area (Å²) in [4.78, 5) is 29.9. The Morgan fingerprint density at radius 2 is 0.804 bits per heavy atom. The fourth-order valence-corrected chi connectivity index (χ4v) is 5.95. The van der Waals surface area contributed by atoms with Gasteiger partial charge in [-0.05, 0) is 77.0 Å². The van der Waals surface area contributed by atoms with Gasteiger partial charge in [-0.25, -0.2) is 0 Å². The van der Waals surface area contributed by atoms with Crippen LogP contribution in [-0.2, 0) is 9.59 Å². The number of nitrogens with one attached hydrogen (secondary N) is 3. The van der Waals surface area contributed by atoms with Crippen LogP contribution in [0.25, 0.3) is 0 Å². The molecule has 3 N–H and O–H groups in total. The average Bonchev–Trinajstić information content (AvgIpc) is 4.06. The first-order valence-electron chi connectivity index (χ1n) is 20.8. The van der Waals surface area contributed by atoms with E-state index in [0.717, 1.165) is 103 Å². The van der Waals surface area contributed by atoms with Gasteiger partial charge in [-0.2, -0.15) is 0 Å². The fourth-order valence-electron chi connectivity index (χ4n) is 5.95. The minimum atomic E-state index is 0.108. The van der Waals surface area contributed by atoms with Crippen molar-refractivity contribution in [1.82, 2.24) is 25.8 Å². The van der Waals surface area contributed by atoms with E-state index in [4.69, 9.17) is 0 Å². The van der Waals surface area contributed by atoms with E-state index in [9.17, 15) is 9.59 Å². The molecule has 2 fully saturated rings. The van der Waals surface area contributed by atoms with Crippen LogP contribution in [0.3, 0.4) is 0 Å². The molecule has 2 saturated heterocycles. The number of carbonyl (C=O) groups excluding carboxylic acids is 2. The lowest BCUT2D eigenvalue weighted by molar-refractivity contribution is -0.122. The molecule has 288 valence electrons. The maximum absolute atomic E-state index is 12.6. The standard InChI is InChI=1S/C44H75N5O2/c1-3-5-7-9-11-13-15-17-19-21-23-25-27-29-31-33-43(50)45-39-41(48-35-36-48)47-42(49-37-38-49)40-46-44(51)34-32-30-28-26-24-22-20-18-16-14-12-10-8-6-4-2/h5-8,11-14,17-20,41-42,47H,3-4,9-10,15-16,21-40H2,1-2H3,(H,45,50)(H,46,51)/b7-5+,8-6+,13-11+,14-12+,19-17+,20-18+. The molecule has 0 aromatic rings. The zero-order valence-corrected chi connectivity index (χ0v) is 32.7. The van der Waals surface area contributed by atoms with Crippen molar-refractivity contribution < 1.29 is 9.59 Å². The van der Waals surface area contributed by atoms with Crippen molar-refractivity contribution in [3.63, 3.8) is 0 Å². The minimum absolute atomic E-state index is 0.108. The van der Waals surface area contributed by atoms with Gasteiger partial charge in [0, 0.05) is 52.1 Å². The highest BCUT2D eigenvalue weighted by Crippen LogP contribution is 2.14. The van der Waals surface area contributed by atoms with E-state index < -0.39 is 0 Å². The summed E-state index contributed by atoms with van der Waals surface area (Å²) < 4.78 is 0. The van der Waals surface area contributed by atoms with Gasteiger partial charge in [0.15, 0.2) is 0 Å². The van der Waals surface area contributed by atoms with Crippen molar-refractivity contribution in [2.24, 2.45) is 0 Å². The third-order valence-electron chi connectivity index (χ3n) is 9.32. The fraction of sp³-hybridized carbons (Fsp3) is 0.682. The quantitative estimate of drug-likeness (QED) is 0.0354. The lowest BCUT2D eigenvalue weighted by atomic mass is 10.1. The van der Waals surface area contributed by atoms with E-state index in [2.05, 4.69) is 113 Å². The van der Waals surface area contributed by atoms with Crippen LogP contribution in [-0.4, -0.2) is 73.2 Å². The van der Waals surface area contributed by atoms with Crippen molar-refractivity contribution in [1.29, 1.82) is 0 Å². The summed E-state index contributed by atoms with van der Waals surface area (Å²) in [6, 6.07) is 0. The third-order valence-corrected chi connectivity index (χ3v) is 9.32. The van der Waals surface area contributed by atoms with Gasteiger partial charge < -0.3 is 10.6 Å². The number of hydrogen-bond acceptors (Lipinski definition) is 5. The summed E-state index contributed by atoms with van der Waals surface area (Å²) in [5, 5.41) is 10.1. The third kappa shape index (κ3) is 27.6. The van der Waals surface area contributed by atoms with Gasteiger partial charge in [0.1, 0.15) is 0 Å². The van der Waals surface area contributed by atoms with E-state index in [1.807, 2.05) is 0 Å². The van der Waals surface area contributed by atoms with E-state index in [-0.39, 0.29) is 24.1 Å². The maximum Gasteiger partial charge on any atom is 0.220 e. The Kier molecular flexibility index (Phi) is 27.8. The molecule has 2 rings (SSSR count). The highest BCUT2D eigenvalue weighted by molar-refractivity contribution is 5.76. The lowest BCUT2D eigenvalue weighted by Gasteiger charge is -2.28. The van der Waals surface area contributed by atoms with Crippen LogP contribution in [0.5, 0.6) is 0 Å². The van der Waals surface area contributed by atoms with Crippen molar-refractivity contribution in [3.8, 4) is 0 Å². The second-order valence-corrected chi connectivity index (χ2v) is 14.1. The number of nitrogens with zero attached hydrogens (tertiary/aromatic N) is 2. The monoisotopic (exact) mass is 706 g/mol. The molecule has 51 heavy (non-hydrogen) atoms. The normalized spacial score (nSPS) is 16.5. The summed E-state index contributed by atoms with van der Waals surface area (Å²) in [6.45, 7) is 9.77. The molecule has 0 saturated carbocycles. The molecule has 2 atom stereocenters. The van der Waals surface area contributed by atoms with Crippen LogP contribution in [0.1, 0.15) is 142 Å². The number of hydrogen-bond donors (Lipinski definition) is 3. The number of carbonyl (C=O) groups is 2. The van der Waals surface area contributed by atoms with Crippen molar-refractivity contribution in [3.05, 3.63) is 72.9 Å². The first-order valence-corrected chi connectivity index (χ1v) is 20.8. The van der Waals surface area contributed by atoms with Crippen LogP contribution < -0.4 is 16.0 Å². The summed E-state index contributed by atoms with van der Waals surface area (Å²) in [5.41, 5.74) is 0. The van der Waals surface area contributed by atoms with Crippen LogP contribution in [0.2, 0.25) is 0 Å². The van der Waals surface area contributed by atoms with Gasteiger partial charge in [-0.1, -0.05) is 125 Å². The Hall–Kier alpha value is -2.74. The molecule has 2 amide bonds. The first kappa shape index (κ1) is 44.4. The first-order chi connectivity index (χ1) is 25.1. The smallest absolute Gasteiger partial charge is 0.220 e. The summed E-state index contributed by atoms with van der Waals surface area (Å²) in [5.74, 6) is 0.300. The zero-order valence-electron chi connectivity index (χ0n) is 32.7. The molecular weight excluding hydrogens is 631 g/mol. The average molecular weight is 706 g/mol. The summed E-state index contributed by atoms with van der Waals surface area (Å²) in [7, 11) is 0. The number of rotatable bonds is 34. The largest absolute Gasteiger partial charge is 0.353 e. The lowest BCUT2D eigenvalue weighted by Crippen LogP contribution is -2.55. The highest BCUT2D eigenvalue weighted by Gasteiger charge is 2.34. The number of allylic oxidation sites excluding steroid dienone is 12. The van der Waals surface area contributed by atoms with Crippen LogP contribution in [0.4, 0.5) is 0 Å². The molecule has 0 spiro atoms. The minimum Gasteiger partial charge on any atom is -0.353 e. The maximum atomic E-state index is 12.6. The van der Waals surface area contributed by atoms with Crippen molar-refractivity contribution in [2.45, 2.75) is 155 Å². The van der Waals surface area contributed by atoms with Crippen LogP contribution >= 0.6 is 0 Å². The molecule has 2 aliphatic heterocycles. The molecule has 0 aromatic carbocycles. The molecule has 0 bridgehead atoms. The van der Waals surface area contributed by atoms with E-state index in [1.165, 1.54) is 38.5 Å². The Bertz CT molecular complexity index is 972. The molecule has 0 aliphatic carbocycles. The molecular formula is C44H75N5O2. The Morgan fingerprint density at radius 1 is 0.471 bits per heavy atom. The summed E-state index contributed by atoms with van der Waals surface area (Å²) in [6.07, 6.45) is 48.4. The topological polar surface area (TPSA) is 76.3 Å². The predicted molar refractivity (Wildman–Crippen MR) is 218 cm³/mol. The predicted octanol–water partition coefficient (Wildman–Crippen LogP) is 9.27. The van der Waals surface area contributed by atoms with Gasteiger partial charge in [-0.15, -0.1) is 0 Å². The van der Waals surface area contributed by atoms with Crippen LogP contribution in [0, 0.1) is 0 Å². The highest BCUT2D eigenvalue weighted by atomic mass is 16.2. The molecule has 2 heterocycles. The molecule has 7 nitrogen and oxygen atoms in total. The second-order valence-electron chi connectivity index (χ2n) is 14.1.